The highest BCUT2D eigenvalue weighted by molar-refractivity contribution is 7.98. The van der Waals surface area contributed by atoms with E-state index in [0.29, 0.717) is 16.9 Å². The molecule has 128 valence electrons. The van der Waals surface area contributed by atoms with E-state index < -0.39 is 5.63 Å². The Hall–Kier alpha value is -2.73. The van der Waals surface area contributed by atoms with Gasteiger partial charge < -0.3 is 14.8 Å². The van der Waals surface area contributed by atoms with Crippen LogP contribution in [0.4, 0.5) is 5.69 Å². The highest BCUT2D eigenvalue weighted by atomic mass is 32.2. The second-order valence-corrected chi connectivity index (χ2v) is 6.72. The van der Waals surface area contributed by atoms with E-state index in [0.717, 1.165) is 21.5 Å². The number of carbonyl (C=O) groups excluding carboxylic acids is 1. The van der Waals surface area contributed by atoms with Crippen molar-refractivity contribution in [1.82, 2.24) is 0 Å². The van der Waals surface area contributed by atoms with Crippen molar-refractivity contribution in [1.29, 1.82) is 0 Å². The number of thioether (sulfide) groups is 1. The largest absolute Gasteiger partial charge is 0.508 e. The first-order chi connectivity index (χ1) is 11.9. The van der Waals surface area contributed by atoms with E-state index in [2.05, 4.69) is 5.32 Å². The second kappa shape index (κ2) is 7.03. The highest BCUT2D eigenvalue weighted by Crippen LogP contribution is 2.31. The molecule has 25 heavy (non-hydrogen) atoms. The van der Waals surface area contributed by atoms with E-state index in [1.807, 2.05) is 24.3 Å². The van der Waals surface area contributed by atoms with Crippen molar-refractivity contribution >= 4 is 34.3 Å². The predicted octanol–water partition coefficient (Wildman–Crippen LogP) is 4.06. The van der Waals surface area contributed by atoms with E-state index in [1.54, 1.807) is 30.8 Å². The van der Waals surface area contributed by atoms with Crippen LogP contribution < -0.4 is 10.9 Å². The molecule has 2 aromatic carbocycles. The molecule has 1 heterocycles. The van der Waals surface area contributed by atoms with E-state index >= 15 is 0 Å². The van der Waals surface area contributed by atoms with Crippen molar-refractivity contribution in [3.8, 4) is 5.75 Å². The van der Waals surface area contributed by atoms with Gasteiger partial charge in [0.2, 0.25) is 5.91 Å². The number of phenolic OH excluding ortho intramolecular Hbond substituents is 1. The lowest BCUT2D eigenvalue weighted by Gasteiger charge is -2.09. The number of benzene rings is 2. The van der Waals surface area contributed by atoms with E-state index in [1.165, 1.54) is 13.0 Å². The molecule has 0 spiro atoms. The van der Waals surface area contributed by atoms with Gasteiger partial charge >= 0.3 is 5.63 Å². The van der Waals surface area contributed by atoms with Crippen LogP contribution in [-0.4, -0.2) is 11.0 Å². The molecule has 0 radical (unpaired) electrons. The Morgan fingerprint density at radius 1 is 1.20 bits per heavy atom. The quantitative estimate of drug-likeness (QED) is 0.545. The van der Waals surface area contributed by atoms with Gasteiger partial charge in [-0.2, -0.15) is 0 Å². The predicted molar refractivity (Wildman–Crippen MR) is 99.2 cm³/mol. The molecule has 1 amide bonds. The molecule has 1 aromatic heterocycles. The number of aryl methyl sites for hydroxylation is 1. The standard InChI is InChI=1S/C19H17NO4S/c1-11-17(22)8-7-16-13(9-18(23)24-19(11)16)10-25-15-5-3-14(4-6-15)20-12(2)21/h3-9,22H,10H2,1-2H3,(H,20,21). The zero-order valence-electron chi connectivity index (χ0n) is 13.8. The maximum absolute atomic E-state index is 11.8. The third-order valence-corrected chi connectivity index (χ3v) is 4.85. The molecule has 0 saturated carbocycles. The number of carbonyl (C=O) groups is 1. The molecule has 0 aliphatic carbocycles. The summed E-state index contributed by atoms with van der Waals surface area (Å²) in [5, 5.41) is 13.3. The van der Waals surface area contributed by atoms with Crippen molar-refractivity contribution in [3.63, 3.8) is 0 Å². The molecule has 0 fully saturated rings. The van der Waals surface area contributed by atoms with Crippen LogP contribution in [0.5, 0.6) is 5.75 Å². The average Bonchev–Trinajstić information content (AvgIpc) is 2.57. The lowest BCUT2D eigenvalue weighted by molar-refractivity contribution is -0.114. The van der Waals surface area contributed by atoms with E-state index in [-0.39, 0.29) is 11.7 Å². The van der Waals surface area contributed by atoms with Gasteiger partial charge in [0.15, 0.2) is 0 Å². The van der Waals surface area contributed by atoms with Gasteiger partial charge in [0.1, 0.15) is 11.3 Å². The van der Waals surface area contributed by atoms with Crippen LogP contribution in [0, 0.1) is 6.92 Å². The normalized spacial score (nSPS) is 10.8. The molecule has 3 aromatic rings. The summed E-state index contributed by atoms with van der Waals surface area (Å²) in [6.07, 6.45) is 0. The molecule has 0 atom stereocenters. The van der Waals surface area contributed by atoms with Gasteiger partial charge in [-0.25, -0.2) is 4.79 Å². The zero-order chi connectivity index (χ0) is 18.0. The fourth-order valence-corrected chi connectivity index (χ4v) is 3.42. The molecule has 6 heteroatoms. The average molecular weight is 355 g/mol. The number of hydrogen-bond donors (Lipinski definition) is 2. The Morgan fingerprint density at radius 2 is 1.92 bits per heavy atom. The summed E-state index contributed by atoms with van der Waals surface area (Å²) in [5.74, 6) is 0.585. The van der Waals surface area contributed by atoms with Gasteiger partial charge in [-0.1, -0.05) is 0 Å². The lowest BCUT2D eigenvalue weighted by Crippen LogP contribution is -2.05. The summed E-state index contributed by atoms with van der Waals surface area (Å²) in [6, 6.07) is 12.4. The Bertz CT molecular complexity index is 993. The first kappa shape index (κ1) is 17.1. The molecule has 0 aliphatic heterocycles. The van der Waals surface area contributed by atoms with Crippen molar-refractivity contribution in [2.24, 2.45) is 0 Å². The third-order valence-electron chi connectivity index (χ3n) is 3.79. The number of fused-ring (bicyclic) bond motifs is 1. The van der Waals surface area contributed by atoms with Gasteiger partial charge in [0, 0.05) is 40.3 Å². The van der Waals surface area contributed by atoms with Gasteiger partial charge in [-0.15, -0.1) is 11.8 Å². The van der Waals surface area contributed by atoms with Crippen molar-refractivity contribution < 1.29 is 14.3 Å². The monoisotopic (exact) mass is 355 g/mol. The first-order valence-corrected chi connectivity index (χ1v) is 8.68. The van der Waals surface area contributed by atoms with Crippen LogP contribution in [0.3, 0.4) is 0 Å². The topological polar surface area (TPSA) is 79.5 Å². The van der Waals surface area contributed by atoms with Crippen LogP contribution >= 0.6 is 11.8 Å². The molecular formula is C19H17NO4S. The SMILES string of the molecule is CC(=O)Nc1ccc(SCc2cc(=O)oc3c(C)c(O)ccc23)cc1. The van der Waals surface area contributed by atoms with Crippen LogP contribution in [0.2, 0.25) is 0 Å². The molecule has 3 rings (SSSR count). The molecule has 0 unspecified atom stereocenters. The van der Waals surface area contributed by atoms with Gasteiger partial charge in [-0.3, -0.25) is 4.79 Å². The summed E-state index contributed by atoms with van der Waals surface area (Å²) in [5.41, 5.74) is 2.14. The molecule has 0 aliphatic rings. The number of amides is 1. The minimum absolute atomic E-state index is 0.106. The Morgan fingerprint density at radius 3 is 2.60 bits per heavy atom. The number of aromatic hydroxyl groups is 1. The van der Waals surface area contributed by atoms with Gasteiger partial charge in [0.05, 0.1) is 0 Å². The number of phenols is 1. The molecule has 0 saturated heterocycles. The van der Waals surface area contributed by atoms with Crippen molar-refractivity contribution in [2.75, 3.05) is 5.32 Å². The van der Waals surface area contributed by atoms with Crippen LogP contribution in [-0.2, 0) is 10.5 Å². The fraction of sp³-hybridized carbons (Fsp3) is 0.158. The number of rotatable bonds is 4. The van der Waals surface area contributed by atoms with Crippen molar-refractivity contribution in [3.05, 3.63) is 64.0 Å². The van der Waals surface area contributed by atoms with Gasteiger partial charge in [0.25, 0.3) is 0 Å². The summed E-state index contributed by atoms with van der Waals surface area (Å²) in [7, 11) is 0. The Kier molecular flexibility index (Phi) is 4.81. The molecule has 5 nitrogen and oxygen atoms in total. The lowest BCUT2D eigenvalue weighted by atomic mass is 10.1. The fourth-order valence-electron chi connectivity index (χ4n) is 2.53. The molecule has 2 N–H and O–H groups in total. The summed E-state index contributed by atoms with van der Waals surface area (Å²) >= 11 is 1.58. The minimum atomic E-state index is -0.433. The van der Waals surface area contributed by atoms with Crippen molar-refractivity contribution in [2.45, 2.75) is 24.5 Å². The molecular weight excluding hydrogens is 338 g/mol. The number of nitrogens with one attached hydrogen (secondary N) is 1. The third kappa shape index (κ3) is 3.85. The maximum Gasteiger partial charge on any atom is 0.336 e. The van der Waals surface area contributed by atoms with Crippen LogP contribution in [0.1, 0.15) is 18.1 Å². The van der Waals surface area contributed by atoms with Crippen LogP contribution in [0.15, 0.2) is 56.6 Å². The number of hydrogen-bond acceptors (Lipinski definition) is 5. The zero-order valence-corrected chi connectivity index (χ0v) is 14.6. The highest BCUT2D eigenvalue weighted by Gasteiger charge is 2.11. The summed E-state index contributed by atoms with van der Waals surface area (Å²) in [4.78, 5) is 23.9. The summed E-state index contributed by atoms with van der Waals surface area (Å²) < 4.78 is 5.25. The Labute approximate surface area is 148 Å². The Balaban J connectivity index is 1.85. The number of anilines is 1. The molecule has 0 bridgehead atoms. The van der Waals surface area contributed by atoms with Crippen LogP contribution in [0.25, 0.3) is 11.0 Å². The second-order valence-electron chi connectivity index (χ2n) is 5.67. The smallest absolute Gasteiger partial charge is 0.336 e. The van der Waals surface area contributed by atoms with E-state index in [4.69, 9.17) is 4.42 Å². The maximum atomic E-state index is 11.8. The van der Waals surface area contributed by atoms with Gasteiger partial charge in [-0.05, 0) is 48.9 Å². The van der Waals surface area contributed by atoms with E-state index in [9.17, 15) is 14.7 Å². The summed E-state index contributed by atoms with van der Waals surface area (Å²) in [6.45, 7) is 3.19. The first-order valence-electron chi connectivity index (χ1n) is 7.70. The minimum Gasteiger partial charge on any atom is -0.508 e.